The molecule has 0 unspecified atom stereocenters. The monoisotopic (exact) mass is 370 g/mol. The normalized spacial score (nSPS) is 20.5. The number of nitrogens with one attached hydrogen (secondary N) is 1. The smallest absolute Gasteiger partial charge is 0.222 e. The van der Waals surface area contributed by atoms with Gasteiger partial charge in [0.1, 0.15) is 5.82 Å². The first kappa shape index (κ1) is 18.2. The third-order valence-electron chi connectivity index (χ3n) is 6.20. The highest BCUT2D eigenvalue weighted by Crippen LogP contribution is 2.40. The number of imidazole rings is 2. The van der Waals surface area contributed by atoms with Crippen molar-refractivity contribution >= 4 is 5.91 Å². The number of aromatic nitrogens is 4. The molecule has 4 rings (SSSR count). The zero-order chi connectivity index (χ0) is 18.7. The van der Waals surface area contributed by atoms with Crippen LogP contribution in [-0.4, -0.2) is 61.4 Å². The van der Waals surface area contributed by atoms with Gasteiger partial charge in [0.15, 0.2) is 0 Å². The predicted octanol–water partition coefficient (Wildman–Crippen LogP) is 2.21. The second-order valence-corrected chi connectivity index (χ2v) is 8.26. The number of amides is 1. The van der Waals surface area contributed by atoms with Gasteiger partial charge < -0.3 is 14.5 Å². The maximum absolute atomic E-state index is 12.4. The average Bonchev–Trinajstić information content (AvgIpc) is 3.32. The summed E-state index contributed by atoms with van der Waals surface area (Å²) in [6.07, 6.45) is 12.6. The Hall–Kier alpha value is -2.15. The van der Waals surface area contributed by atoms with E-state index in [2.05, 4.69) is 29.3 Å². The van der Waals surface area contributed by atoms with Crippen LogP contribution in [0.3, 0.4) is 0 Å². The largest absolute Gasteiger partial charge is 0.345 e. The summed E-state index contributed by atoms with van der Waals surface area (Å²) in [5.41, 5.74) is 1.44. The average molecular weight is 371 g/mol. The number of piperidine rings is 2. The molecule has 2 aromatic rings. The molecule has 2 fully saturated rings. The Morgan fingerprint density at radius 2 is 2.07 bits per heavy atom. The topological polar surface area (TPSA) is 70.1 Å². The van der Waals surface area contributed by atoms with Gasteiger partial charge in [-0.05, 0) is 51.1 Å². The van der Waals surface area contributed by atoms with Gasteiger partial charge in [0.2, 0.25) is 5.91 Å². The second-order valence-electron chi connectivity index (χ2n) is 8.26. The highest BCUT2D eigenvalue weighted by atomic mass is 16.2. The van der Waals surface area contributed by atoms with E-state index in [0.29, 0.717) is 17.7 Å². The molecule has 7 heteroatoms. The number of aryl methyl sites for hydroxylation is 2. The fraction of sp³-hybridized carbons (Fsp3) is 0.650. The lowest BCUT2D eigenvalue weighted by Crippen LogP contribution is -2.51. The van der Waals surface area contributed by atoms with Crippen LogP contribution in [0, 0.1) is 12.3 Å². The SMILES string of the molecule is Cc1cnc(CN2CCC3(CCC(=O)N(CCCn4ccnc4)C3)CC2)[nH]1. The quantitative estimate of drug-likeness (QED) is 0.846. The van der Waals surface area contributed by atoms with Crippen LogP contribution in [0.4, 0.5) is 0 Å². The minimum absolute atomic E-state index is 0.318. The van der Waals surface area contributed by atoms with Gasteiger partial charge in [-0.1, -0.05) is 0 Å². The Bertz CT molecular complexity index is 744. The summed E-state index contributed by atoms with van der Waals surface area (Å²) in [6, 6.07) is 0. The Kier molecular flexibility index (Phi) is 5.29. The van der Waals surface area contributed by atoms with Gasteiger partial charge in [0, 0.05) is 50.3 Å². The summed E-state index contributed by atoms with van der Waals surface area (Å²) in [6.45, 7) is 7.85. The number of hydrogen-bond donors (Lipinski definition) is 1. The molecule has 2 aliphatic heterocycles. The van der Waals surface area contributed by atoms with Crippen molar-refractivity contribution in [2.75, 3.05) is 26.2 Å². The van der Waals surface area contributed by atoms with Crippen molar-refractivity contribution in [1.82, 2.24) is 29.3 Å². The van der Waals surface area contributed by atoms with E-state index in [1.54, 1.807) is 6.20 Å². The molecule has 2 aromatic heterocycles. The van der Waals surface area contributed by atoms with Crippen molar-refractivity contribution in [1.29, 1.82) is 0 Å². The van der Waals surface area contributed by atoms with Gasteiger partial charge in [-0.2, -0.15) is 0 Å². The van der Waals surface area contributed by atoms with Crippen molar-refractivity contribution < 1.29 is 4.79 Å². The van der Waals surface area contributed by atoms with E-state index in [1.165, 1.54) is 12.8 Å². The van der Waals surface area contributed by atoms with Crippen LogP contribution < -0.4 is 0 Å². The van der Waals surface area contributed by atoms with E-state index in [4.69, 9.17) is 0 Å². The Labute approximate surface area is 160 Å². The molecule has 1 amide bonds. The van der Waals surface area contributed by atoms with Crippen LogP contribution in [-0.2, 0) is 17.9 Å². The highest BCUT2D eigenvalue weighted by Gasteiger charge is 2.40. The van der Waals surface area contributed by atoms with Gasteiger partial charge in [-0.15, -0.1) is 0 Å². The molecule has 0 aromatic carbocycles. The van der Waals surface area contributed by atoms with Crippen molar-refractivity contribution in [3.63, 3.8) is 0 Å². The summed E-state index contributed by atoms with van der Waals surface area (Å²) < 4.78 is 2.08. The lowest BCUT2D eigenvalue weighted by molar-refractivity contribution is -0.139. The van der Waals surface area contributed by atoms with Crippen LogP contribution >= 0.6 is 0 Å². The number of hydrogen-bond acceptors (Lipinski definition) is 4. The van der Waals surface area contributed by atoms with E-state index in [1.807, 2.05) is 25.6 Å². The van der Waals surface area contributed by atoms with Crippen LogP contribution in [0.25, 0.3) is 0 Å². The standard InChI is InChI=1S/C20H30N6O/c1-17-13-22-18(23-17)14-24-10-5-20(6-11-24)4-3-19(27)26(15-20)9-2-8-25-12-7-21-16-25/h7,12-13,16H,2-6,8-11,14-15H2,1H3,(H,22,23). The third kappa shape index (κ3) is 4.40. The third-order valence-corrected chi connectivity index (χ3v) is 6.20. The molecule has 0 saturated carbocycles. The van der Waals surface area contributed by atoms with Gasteiger partial charge >= 0.3 is 0 Å². The molecular formula is C20H30N6O. The van der Waals surface area contributed by atoms with Crippen LogP contribution in [0.5, 0.6) is 0 Å². The molecule has 1 spiro atoms. The molecular weight excluding hydrogens is 340 g/mol. The van der Waals surface area contributed by atoms with Crippen molar-refractivity contribution in [3.05, 3.63) is 36.4 Å². The maximum atomic E-state index is 12.4. The lowest BCUT2D eigenvalue weighted by Gasteiger charge is -2.47. The Morgan fingerprint density at radius 3 is 2.78 bits per heavy atom. The first-order chi connectivity index (χ1) is 13.1. The summed E-state index contributed by atoms with van der Waals surface area (Å²) in [5.74, 6) is 1.39. The van der Waals surface area contributed by atoms with Crippen molar-refractivity contribution in [2.24, 2.45) is 5.41 Å². The zero-order valence-corrected chi connectivity index (χ0v) is 16.2. The Morgan fingerprint density at radius 1 is 1.22 bits per heavy atom. The first-order valence-corrected chi connectivity index (χ1v) is 10.1. The van der Waals surface area contributed by atoms with E-state index in [9.17, 15) is 4.79 Å². The number of aromatic amines is 1. The molecule has 2 saturated heterocycles. The number of carbonyl (C=O) groups excluding carboxylic acids is 1. The first-order valence-electron chi connectivity index (χ1n) is 10.1. The van der Waals surface area contributed by atoms with Crippen molar-refractivity contribution in [2.45, 2.75) is 52.1 Å². The van der Waals surface area contributed by atoms with E-state index < -0.39 is 0 Å². The van der Waals surface area contributed by atoms with Gasteiger partial charge in [-0.3, -0.25) is 9.69 Å². The fourth-order valence-electron chi connectivity index (χ4n) is 4.52. The number of carbonyl (C=O) groups is 1. The molecule has 146 valence electrons. The summed E-state index contributed by atoms with van der Waals surface area (Å²) in [5, 5.41) is 0. The second kappa shape index (κ2) is 7.84. The molecule has 0 atom stereocenters. The summed E-state index contributed by atoms with van der Waals surface area (Å²) in [4.78, 5) is 28.9. The summed E-state index contributed by atoms with van der Waals surface area (Å²) in [7, 11) is 0. The molecule has 0 bridgehead atoms. The maximum Gasteiger partial charge on any atom is 0.222 e. The Balaban J connectivity index is 1.27. The number of nitrogens with zero attached hydrogens (tertiary/aromatic N) is 5. The van der Waals surface area contributed by atoms with E-state index >= 15 is 0 Å². The molecule has 4 heterocycles. The molecule has 0 radical (unpaired) electrons. The molecule has 27 heavy (non-hydrogen) atoms. The molecule has 7 nitrogen and oxygen atoms in total. The zero-order valence-electron chi connectivity index (χ0n) is 16.2. The van der Waals surface area contributed by atoms with E-state index in [0.717, 1.165) is 63.6 Å². The predicted molar refractivity (Wildman–Crippen MR) is 103 cm³/mol. The minimum Gasteiger partial charge on any atom is -0.345 e. The highest BCUT2D eigenvalue weighted by molar-refractivity contribution is 5.77. The summed E-state index contributed by atoms with van der Waals surface area (Å²) >= 11 is 0. The molecule has 1 N–H and O–H groups in total. The van der Waals surface area contributed by atoms with Gasteiger partial charge in [-0.25, -0.2) is 9.97 Å². The van der Waals surface area contributed by atoms with Crippen LogP contribution in [0.1, 0.15) is 43.6 Å². The van der Waals surface area contributed by atoms with Gasteiger partial charge in [0.05, 0.1) is 12.9 Å². The lowest BCUT2D eigenvalue weighted by atomic mass is 9.72. The minimum atomic E-state index is 0.318. The van der Waals surface area contributed by atoms with Crippen molar-refractivity contribution in [3.8, 4) is 0 Å². The van der Waals surface area contributed by atoms with E-state index in [-0.39, 0.29) is 0 Å². The molecule has 0 aliphatic carbocycles. The number of H-pyrrole nitrogens is 1. The molecule has 2 aliphatic rings. The number of rotatable bonds is 6. The van der Waals surface area contributed by atoms with Crippen LogP contribution in [0.2, 0.25) is 0 Å². The fourth-order valence-corrected chi connectivity index (χ4v) is 4.52. The number of likely N-dealkylation sites (tertiary alicyclic amines) is 2. The van der Waals surface area contributed by atoms with Crippen LogP contribution in [0.15, 0.2) is 24.9 Å². The van der Waals surface area contributed by atoms with Gasteiger partial charge in [0.25, 0.3) is 0 Å².